The Hall–Kier alpha value is -1.50. The van der Waals surface area contributed by atoms with Gasteiger partial charge in [0, 0.05) is 10.9 Å². The standard InChI is InChI=1S/C10H5Cl2N5S/c11-5-2-1-3-6(12)8(5)10-13-7(4-18-10)9-14-16-17-15-9/h1-4H,(H,14,15,16,17). The molecule has 0 spiro atoms. The minimum atomic E-state index is 0.445. The molecule has 1 aromatic carbocycles. The average Bonchev–Trinajstić information content (AvgIpc) is 2.99. The molecule has 3 rings (SSSR count). The van der Waals surface area contributed by atoms with E-state index in [-0.39, 0.29) is 0 Å². The maximum Gasteiger partial charge on any atom is 0.223 e. The van der Waals surface area contributed by atoms with Crippen LogP contribution < -0.4 is 0 Å². The predicted molar refractivity (Wildman–Crippen MR) is 70.7 cm³/mol. The molecule has 1 N–H and O–H groups in total. The van der Waals surface area contributed by atoms with E-state index in [1.807, 2.05) is 5.38 Å². The Morgan fingerprint density at radius 1 is 1.17 bits per heavy atom. The number of halogens is 2. The Morgan fingerprint density at radius 2 is 1.94 bits per heavy atom. The molecule has 0 radical (unpaired) electrons. The highest BCUT2D eigenvalue weighted by molar-refractivity contribution is 7.13. The molecule has 0 amide bonds. The van der Waals surface area contributed by atoms with Gasteiger partial charge in [0.1, 0.15) is 10.7 Å². The first-order valence-corrected chi connectivity index (χ1v) is 6.53. The fourth-order valence-corrected chi connectivity index (χ4v) is 3.02. The summed E-state index contributed by atoms with van der Waals surface area (Å²) in [5.41, 5.74) is 1.36. The van der Waals surface area contributed by atoms with Gasteiger partial charge in [0.15, 0.2) is 0 Å². The van der Waals surface area contributed by atoms with Crippen LogP contribution >= 0.6 is 34.5 Å². The van der Waals surface area contributed by atoms with Crippen LogP contribution in [0.3, 0.4) is 0 Å². The lowest BCUT2D eigenvalue weighted by Gasteiger charge is -2.02. The second-order valence-corrected chi connectivity index (χ2v) is 5.04. The maximum absolute atomic E-state index is 6.13. The van der Waals surface area contributed by atoms with E-state index >= 15 is 0 Å². The second kappa shape index (κ2) is 4.64. The van der Waals surface area contributed by atoms with Crippen molar-refractivity contribution in [3.05, 3.63) is 33.6 Å². The van der Waals surface area contributed by atoms with Gasteiger partial charge >= 0.3 is 0 Å². The van der Waals surface area contributed by atoms with Crippen molar-refractivity contribution in [2.24, 2.45) is 0 Å². The number of hydrogen-bond acceptors (Lipinski definition) is 5. The predicted octanol–water partition coefficient (Wildman–Crippen LogP) is 3.30. The van der Waals surface area contributed by atoms with Gasteiger partial charge in [-0.05, 0) is 17.3 Å². The summed E-state index contributed by atoms with van der Waals surface area (Å²) in [6, 6.07) is 5.35. The highest BCUT2D eigenvalue weighted by Crippen LogP contribution is 2.37. The number of nitrogens with zero attached hydrogens (tertiary/aromatic N) is 4. The van der Waals surface area contributed by atoms with Gasteiger partial charge in [0.25, 0.3) is 0 Å². The van der Waals surface area contributed by atoms with Gasteiger partial charge in [-0.15, -0.1) is 21.5 Å². The number of rotatable bonds is 2. The van der Waals surface area contributed by atoms with E-state index in [2.05, 4.69) is 25.6 Å². The zero-order valence-corrected chi connectivity index (χ0v) is 11.1. The van der Waals surface area contributed by atoms with Gasteiger partial charge in [-0.1, -0.05) is 29.3 Å². The van der Waals surface area contributed by atoms with Crippen molar-refractivity contribution in [1.29, 1.82) is 0 Å². The van der Waals surface area contributed by atoms with Crippen molar-refractivity contribution in [1.82, 2.24) is 25.6 Å². The fourth-order valence-electron chi connectivity index (χ4n) is 1.46. The molecule has 2 aromatic heterocycles. The van der Waals surface area contributed by atoms with Crippen LogP contribution in [0.4, 0.5) is 0 Å². The Labute approximate surface area is 116 Å². The SMILES string of the molecule is Clc1cccc(Cl)c1-c1nc(-c2nn[nH]n2)cs1. The second-order valence-electron chi connectivity index (χ2n) is 3.37. The zero-order chi connectivity index (χ0) is 12.5. The third kappa shape index (κ3) is 1.98. The van der Waals surface area contributed by atoms with Crippen LogP contribution in [-0.4, -0.2) is 25.6 Å². The number of nitrogens with one attached hydrogen (secondary N) is 1. The summed E-state index contributed by atoms with van der Waals surface area (Å²) < 4.78 is 0. The molecule has 0 bridgehead atoms. The van der Waals surface area contributed by atoms with E-state index in [1.54, 1.807) is 18.2 Å². The first-order chi connectivity index (χ1) is 8.75. The van der Waals surface area contributed by atoms with Crippen molar-refractivity contribution in [3.63, 3.8) is 0 Å². The molecule has 2 heterocycles. The molecule has 0 aliphatic heterocycles. The van der Waals surface area contributed by atoms with Crippen LogP contribution in [0.5, 0.6) is 0 Å². The van der Waals surface area contributed by atoms with E-state index < -0.39 is 0 Å². The van der Waals surface area contributed by atoms with Gasteiger partial charge in [0.2, 0.25) is 5.82 Å². The van der Waals surface area contributed by atoms with Crippen molar-refractivity contribution in [3.8, 4) is 22.1 Å². The van der Waals surface area contributed by atoms with Crippen LogP contribution in [0.2, 0.25) is 10.0 Å². The first-order valence-electron chi connectivity index (χ1n) is 4.89. The minimum absolute atomic E-state index is 0.445. The molecule has 0 unspecified atom stereocenters. The maximum atomic E-state index is 6.13. The number of aromatic amines is 1. The van der Waals surface area contributed by atoms with Crippen LogP contribution in [0.15, 0.2) is 23.6 Å². The fraction of sp³-hybridized carbons (Fsp3) is 0. The lowest BCUT2D eigenvalue weighted by atomic mass is 10.2. The van der Waals surface area contributed by atoms with Crippen molar-refractivity contribution >= 4 is 34.5 Å². The van der Waals surface area contributed by atoms with Gasteiger partial charge in [-0.25, -0.2) is 4.98 Å². The molecule has 0 saturated heterocycles. The summed E-state index contributed by atoms with van der Waals surface area (Å²) in [7, 11) is 0. The lowest BCUT2D eigenvalue weighted by molar-refractivity contribution is 0.881. The largest absolute Gasteiger partial charge is 0.232 e. The van der Waals surface area contributed by atoms with Crippen molar-refractivity contribution in [2.45, 2.75) is 0 Å². The van der Waals surface area contributed by atoms with Crippen LogP contribution in [0.25, 0.3) is 22.1 Å². The van der Waals surface area contributed by atoms with Gasteiger partial charge in [-0.3, -0.25) is 0 Å². The molecule has 3 aromatic rings. The third-order valence-corrected chi connectivity index (χ3v) is 3.74. The molecule has 0 fully saturated rings. The Morgan fingerprint density at radius 3 is 2.61 bits per heavy atom. The molecule has 0 aliphatic carbocycles. The smallest absolute Gasteiger partial charge is 0.223 e. The van der Waals surface area contributed by atoms with Gasteiger partial charge in [-0.2, -0.15) is 5.21 Å². The number of aromatic nitrogens is 5. The molecule has 8 heteroatoms. The molecule has 90 valence electrons. The normalized spacial score (nSPS) is 10.8. The number of thiazole rings is 1. The molecular formula is C10H5Cl2N5S. The van der Waals surface area contributed by atoms with Crippen LogP contribution in [-0.2, 0) is 0 Å². The number of H-pyrrole nitrogens is 1. The number of tetrazole rings is 1. The van der Waals surface area contributed by atoms with Crippen LogP contribution in [0.1, 0.15) is 0 Å². The van der Waals surface area contributed by atoms with E-state index in [0.717, 1.165) is 10.6 Å². The summed E-state index contributed by atoms with van der Waals surface area (Å²) in [6.45, 7) is 0. The molecule has 18 heavy (non-hydrogen) atoms. The van der Waals surface area contributed by atoms with E-state index in [1.165, 1.54) is 11.3 Å². The first kappa shape index (κ1) is 11.6. The monoisotopic (exact) mass is 297 g/mol. The van der Waals surface area contributed by atoms with Gasteiger partial charge in [0.05, 0.1) is 10.0 Å². The average molecular weight is 298 g/mol. The topological polar surface area (TPSA) is 67.3 Å². The quantitative estimate of drug-likeness (QED) is 0.788. The van der Waals surface area contributed by atoms with E-state index in [0.29, 0.717) is 21.6 Å². The highest BCUT2D eigenvalue weighted by Gasteiger charge is 2.14. The summed E-state index contributed by atoms with van der Waals surface area (Å²) in [6.07, 6.45) is 0. The van der Waals surface area contributed by atoms with Crippen LogP contribution in [0, 0.1) is 0 Å². The van der Waals surface area contributed by atoms with E-state index in [4.69, 9.17) is 23.2 Å². The third-order valence-electron chi connectivity index (χ3n) is 2.26. The summed E-state index contributed by atoms with van der Waals surface area (Å²) in [5, 5.41) is 17.3. The number of benzene rings is 1. The highest BCUT2D eigenvalue weighted by atomic mass is 35.5. The summed E-state index contributed by atoms with van der Waals surface area (Å²) in [5.74, 6) is 0.445. The Balaban J connectivity index is 2.09. The minimum Gasteiger partial charge on any atom is -0.232 e. The molecule has 0 saturated carbocycles. The number of hydrogen-bond donors (Lipinski definition) is 1. The lowest BCUT2D eigenvalue weighted by Crippen LogP contribution is -1.83. The zero-order valence-electron chi connectivity index (χ0n) is 8.76. The van der Waals surface area contributed by atoms with E-state index in [9.17, 15) is 0 Å². The summed E-state index contributed by atoms with van der Waals surface area (Å²) in [4.78, 5) is 4.41. The molecule has 5 nitrogen and oxygen atoms in total. The molecule has 0 aliphatic rings. The Bertz CT molecular complexity index is 659. The van der Waals surface area contributed by atoms with Crippen molar-refractivity contribution in [2.75, 3.05) is 0 Å². The molecule has 0 atom stereocenters. The molecular weight excluding hydrogens is 293 g/mol. The van der Waals surface area contributed by atoms with Gasteiger partial charge < -0.3 is 0 Å². The van der Waals surface area contributed by atoms with Crippen molar-refractivity contribution < 1.29 is 0 Å². The summed E-state index contributed by atoms with van der Waals surface area (Å²) >= 11 is 13.7. The Kier molecular flexibility index (Phi) is 2.99.